The number of allylic oxidation sites excluding steroid dienone is 3. The number of halogens is 1. The Hall–Kier alpha value is -3.38. The van der Waals surface area contributed by atoms with Crippen LogP contribution in [0.2, 0.25) is 5.02 Å². The average molecular weight is 535 g/mol. The molecular formula is C23H23ClN4O7S. The standard InChI is InChI=1S/C23H23ClN4O7S/c1-23(2)17(22(32)33)27-20(31)16(21(27)36-23)26-19(30)15(11-6-4-3-5-7-11)25-18(29)12-8-9-13(24)14(10-12)28(34)35/h3-4,7-10,15-17,21H,5-6H2,1-2H3,(H,25,29)(H,26,30)(H,32,33)/t15?,16?,17-,21+/m0/s1. The number of β-lactam (4-membered cyclic amide) rings is 1. The first-order valence-corrected chi connectivity index (χ1v) is 12.3. The van der Waals surface area contributed by atoms with Crippen LogP contribution in [0.25, 0.3) is 0 Å². The summed E-state index contributed by atoms with van der Waals surface area (Å²) < 4.78 is -0.751. The third kappa shape index (κ3) is 4.58. The highest BCUT2D eigenvalue weighted by molar-refractivity contribution is 8.01. The van der Waals surface area contributed by atoms with Gasteiger partial charge in [0, 0.05) is 16.4 Å². The Bertz CT molecular complexity index is 1230. The van der Waals surface area contributed by atoms with Crippen LogP contribution in [0.4, 0.5) is 5.69 Å². The molecule has 0 radical (unpaired) electrons. The monoisotopic (exact) mass is 534 g/mol. The lowest BCUT2D eigenvalue weighted by molar-refractivity contribution is -0.384. The van der Waals surface area contributed by atoms with Crippen LogP contribution in [0.5, 0.6) is 0 Å². The molecule has 4 rings (SSSR count). The Balaban J connectivity index is 1.54. The molecule has 0 bridgehead atoms. The van der Waals surface area contributed by atoms with Gasteiger partial charge < -0.3 is 20.6 Å². The molecule has 2 unspecified atom stereocenters. The van der Waals surface area contributed by atoms with E-state index in [4.69, 9.17) is 11.6 Å². The van der Waals surface area contributed by atoms with Crippen LogP contribution in [-0.4, -0.2) is 66.9 Å². The number of nitrogens with zero attached hydrogens (tertiary/aromatic N) is 2. The summed E-state index contributed by atoms with van der Waals surface area (Å²) in [4.78, 5) is 62.6. The minimum Gasteiger partial charge on any atom is -0.480 e. The normalized spacial score (nSPS) is 24.8. The van der Waals surface area contributed by atoms with Gasteiger partial charge in [0.05, 0.1) is 4.92 Å². The number of thioether (sulfide) groups is 1. The number of carbonyl (C=O) groups is 4. The van der Waals surface area contributed by atoms with Gasteiger partial charge in [0.15, 0.2) is 0 Å². The lowest BCUT2D eigenvalue weighted by Crippen LogP contribution is -2.71. The highest BCUT2D eigenvalue weighted by atomic mass is 35.5. The lowest BCUT2D eigenvalue weighted by Gasteiger charge is -2.44. The van der Waals surface area contributed by atoms with Gasteiger partial charge in [0.25, 0.3) is 11.6 Å². The summed E-state index contributed by atoms with van der Waals surface area (Å²) >= 11 is 7.12. The minimum absolute atomic E-state index is 0.0563. The molecule has 2 fully saturated rings. The van der Waals surface area contributed by atoms with Crippen LogP contribution in [0.3, 0.4) is 0 Å². The van der Waals surface area contributed by atoms with E-state index in [9.17, 15) is 34.4 Å². The van der Waals surface area contributed by atoms with Crippen LogP contribution in [0.1, 0.15) is 37.0 Å². The van der Waals surface area contributed by atoms with Crippen LogP contribution >= 0.6 is 23.4 Å². The van der Waals surface area contributed by atoms with Crippen molar-refractivity contribution in [1.29, 1.82) is 0 Å². The van der Waals surface area contributed by atoms with Gasteiger partial charge >= 0.3 is 5.97 Å². The molecular weight excluding hydrogens is 512 g/mol. The number of nitro groups is 1. The molecule has 1 aromatic carbocycles. The van der Waals surface area contributed by atoms with E-state index in [1.165, 1.54) is 28.8 Å². The average Bonchev–Trinajstić information content (AvgIpc) is 3.09. The number of fused-ring (bicyclic) bond motifs is 1. The summed E-state index contributed by atoms with van der Waals surface area (Å²) in [5, 5.41) is 25.4. The van der Waals surface area contributed by atoms with Gasteiger partial charge in [-0.25, -0.2) is 4.79 Å². The van der Waals surface area contributed by atoms with Gasteiger partial charge in [-0.1, -0.05) is 29.8 Å². The van der Waals surface area contributed by atoms with Crippen molar-refractivity contribution in [2.24, 2.45) is 0 Å². The molecule has 2 heterocycles. The second-order valence-electron chi connectivity index (χ2n) is 9.10. The van der Waals surface area contributed by atoms with E-state index in [2.05, 4.69) is 10.6 Å². The van der Waals surface area contributed by atoms with Gasteiger partial charge in [0.1, 0.15) is 28.5 Å². The van der Waals surface area contributed by atoms with Crippen molar-refractivity contribution >= 4 is 52.7 Å². The van der Waals surface area contributed by atoms with E-state index in [1.54, 1.807) is 19.9 Å². The van der Waals surface area contributed by atoms with Crippen molar-refractivity contribution in [2.45, 2.75) is 54.9 Å². The second-order valence-corrected chi connectivity index (χ2v) is 11.3. The molecule has 11 nitrogen and oxygen atoms in total. The summed E-state index contributed by atoms with van der Waals surface area (Å²) in [6.45, 7) is 3.46. The van der Waals surface area contributed by atoms with Crippen molar-refractivity contribution in [3.8, 4) is 0 Å². The Kier molecular flexibility index (Phi) is 6.84. The van der Waals surface area contributed by atoms with Gasteiger partial charge in [-0.15, -0.1) is 11.8 Å². The predicted molar refractivity (Wildman–Crippen MR) is 131 cm³/mol. The Morgan fingerprint density at radius 2 is 2.03 bits per heavy atom. The molecule has 36 heavy (non-hydrogen) atoms. The van der Waals surface area contributed by atoms with Crippen molar-refractivity contribution in [2.75, 3.05) is 0 Å². The van der Waals surface area contributed by atoms with Crippen LogP contribution in [0.15, 0.2) is 42.0 Å². The first kappa shape index (κ1) is 25.7. The van der Waals surface area contributed by atoms with Crippen molar-refractivity contribution in [3.63, 3.8) is 0 Å². The van der Waals surface area contributed by atoms with Crippen LogP contribution in [0, 0.1) is 10.1 Å². The summed E-state index contributed by atoms with van der Waals surface area (Å²) in [5.74, 6) is -2.98. The lowest BCUT2D eigenvalue weighted by atomic mass is 9.94. The fourth-order valence-corrected chi connectivity index (χ4v) is 6.38. The highest BCUT2D eigenvalue weighted by Crippen LogP contribution is 2.50. The number of carboxylic acid groups (broad SMARTS) is 1. The SMILES string of the molecule is CC1(C)S[C@@H]2C(NC(=O)C(NC(=O)c3ccc(Cl)c([N+](=O)[O-])c3)C3=CCC=CC3)C(=O)N2[C@H]1C(=O)O. The number of nitro benzene ring substituents is 1. The number of carboxylic acids is 1. The fourth-order valence-electron chi connectivity index (χ4n) is 4.57. The molecule has 0 aromatic heterocycles. The highest BCUT2D eigenvalue weighted by Gasteiger charge is 2.64. The van der Waals surface area contributed by atoms with Gasteiger partial charge in [-0.2, -0.15) is 0 Å². The minimum atomic E-state index is -1.14. The molecule has 3 amide bonds. The van der Waals surface area contributed by atoms with E-state index in [0.29, 0.717) is 18.4 Å². The van der Waals surface area contributed by atoms with Gasteiger partial charge in [0.2, 0.25) is 11.8 Å². The molecule has 4 atom stereocenters. The molecule has 2 saturated heterocycles. The number of rotatable bonds is 7. The molecule has 1 aromatic rings. The molecule has 3 aliphatic rings. The van der Waals surface area contributed by atoms with E-state index in [0.717, 1.165) is 6.07 Å². The maximum atomic E-state index is 13.3. The first-order valence-electron chi connectivity index (χ1n) is 11.0. The van der Waals surface area contributed by atoms with Crippen molar-refractivity contribution < 1.29 is 29.2 Å². The maximum Gasteiger partial charge on any atom is 0.327 e. The van der Waals surface area contributed by atoms with Crippen molar-refractivity contribution in [1.82, 2.24) is 15.5 Å². The Labute approximate surface area is 215 Å². The quantitative estimate of drug-likeness (QED) is 0.208. The molecule has 1 aliphatic carbocycles. The number of benzene rings is 1. The molecule has 0 saturated carbocycles. The zero-order chi connectivity index (χ0) is 26.4. The first-order chi connectivity index (χ1) is 16.9. The van der Waals surface area contributed by atoms with E-state index < -0.39 is 62.5 Å². The third-order valence-electron chi connectivity index (χ3n) is 6.32. The van der Waals surface area contributed by atoms with E-state index in [-0.39, 0.29) is 10.6 Å². The van der Waals surface area contributed by atoms with Gasteiger partial charge in [-0.3, -0.25) is 24.5 Å². The molecule has 3 N–H and O–H groups in total. The van der Waals surface area contributed by atoms with Gasteiger partial charge in [-0.05, 0) is 44.4 Å². The molecule has 2 aliphatic heterocycles. The zero-order valence-electron chi connectivity index (χ0n) is 19.3. The summed E-state index contributed by atoms with van der Waals surface area (Å²) in [6.07, 6.45) is 6.47. The van der Waals surface area contributed by atoms with Crippen LogP contribution in [-0.2, 0) is 14.4 Å². The fraction of sp³-hybridized carbons (Fsp3) is 0.391. The maximum absolute atomic E-state index is 13.3. The number of hydrogen-bond acceptors (Lipinski definition) is 7. The van der Waals surface area contributed by atoms with E-state index in [1.807, 2.05) is 12.2 Å². The molecule has 0 spiro atoms. The van der Waals surface area contributed by atoms with E-state index >= 15 is 0 Å². The molecule has 190 valence electrons. The number of carbonyl (C=O) groups excluding carboxylic acids is 3. The summed E-state index contributed by atoms with van der Waals surface area (Å²) in [7, 11) is 0. The Morgan fingerprint density at radius 1 is 1.31 bits per heavy atom. The summed E-state index contributed by atoms with van der Waals surface area (Å²) in [6, 6.07) is 0.460. The largest absolute Gasteiger partial charge is 0.480 e. The Morgan fingerprint density at radius 3 is 2.64 bits per heavy atom. The smallest absolute Gasteiger partial charge is 0.327 e. The summed E-state index contributed by atoms with van der Waals surface area (Å²) in [5.41, 5.74) is 0.0940. The predicted octanol–water partition coefficient (Wildman–Crippen LogP) is 2.25. The van der Waals surface area contributed by atoms with Crippen molar-refractivity contribution in [3.05, 3.63) is 62.7 Å². The number of aliphatic carboxylic acids is 1. The number of nitrogens with one attached hydrogen (secondary N) is 2. The second kappa shape index (κ2) is 9.58. The topological polar surface area (TPSA) is 159 Å². The zero-order valence-corrected chi connectivity index (χ0v) is 20.8. The number of hydrogen-bond donors (Lipinski definition) is 3. The third-order valence-corrected chi connectivity index (χ3v) is 8.21. The number of amides is 3. The van der Waals surface area contributed by atoms with Crippen LogP contribution < -0.4 is 10.6 Å². The molecule has 13 heteroatoms.